The van der Waals surface area contributed by atoms with Crippen LogP contribution in [0, 0.1) is 11.8 Å². The molecule has 5 atom stereocenters. The van der Waals surface area contributed by atoms with Crippen molar-refractivity contribution in [2.75, 3.05) is 36.0 Å². The van der Waals surface area contributed by atoms with E-state index in [1.165, 1.54) is 4.90 Å². The Labute approximate surface area is 238 Å². The van der Waals surface area contributed by atoms with E-state index < -0.39 is 22.6 Å². The van der Waals surface area contributed by atoms with Gasteiger partial charge in [0.05, 0.1) is 23.2 Å². The molecule has 1 N–H and O–H groups in total. The highest BCUT2D eigenvalue weighted by molar-refractivity contribution is 8.02. The molecule has 2 aromatic rings. The first-order valence-corrected chi connectivity index (χ1v) is 14.4. The Morgan fingerprint density at radius 2 is 1.64 bits per heavy atom. The maximum absolute atomic E-state index is 14.4. The summed E-state index contributed by atoms with van der Waals surface area (Å²) < 4.78 is -0.753. The predicted octanol–water partition coefficient (Wildman–Crippen LogP) is 4.16. The number of rotatable bonds is 10. The quantitative estimate of drug-likeness (QED) is 0.438. The van der Waals surface area contributed by atoms with Crippen LogP contribution in [0.4, 0.5) is 11.4 Å². The summed E-state index contributed by atoms with van der Waals surface area (Å²) in [6.45, 7) is 7.98. The topological polar surface area (TPSA) is 81.2 Å². The fourth-order valence-electron chi connectivity index (χ4n) is 6.52. The maximum atomic E-state index is 14.4. The van der Waals surface area contributed by atoms with Crippen molar-refractivity contribution < 1.29 is 19.5 Å². The molecule has 3 saturated heterocycles. The van der Waals surface area contributed by atoms with Crippen LogP contribution in [0.25, 0.3) is 0 Å². The highest BCUT2D eigenvalue weighted by atomic mass is 35.5. The molecular weight excluding hydrogens is 534 g/mol. The van der Waals surface area contributed by atoms with Crippen molar-refractivity contribution in [3.05, 3.63) is 84.9 Å². The van der Waals surface area contributed by atoms with E-state index in [2.05, 4.69) is 13.2 Å². The summed E-state index contributed by atoms with van der Waals surface area (Å²) in [5.41, 5.74) is 1.39. The zero-order valence-corrected chi connectivity index (χ0v) is 23.2. The lowest BCUT2D eigenvalue weighted by atomic mass is 9.70. The third kappa shape index (κ3) is 4.58. The molecular formula is C30H32ClN3O4S. The smallest absolute Gasteiger partial charge is 0.251 e. The van der Waals surface area contributed by atoms with Crippen molar-refractivity contribution in [1.29, 1.82) is 0 Å². The van der Waals surface area contributed by atoms with Crippen molar-refractivity contribution in [2.24, 2.45) is 11.8 Å². The van der Waals surface area contributed by atoms with Gasteiger partial charge in [-0.3, -0.25) is 14.4 Å². The molecule has 0 aromatic heterocycles. The fraction of sp³-hybridized carbons (Fsp3) is 0.367. The van der Waals surface area contributed by atoms with Gasteiger partial charge in [-0.1, -0.05) is 42.0 Å². The molecule has 3 aliphatic rings. The summed E-state index contributed by atoms with van der Waals surface area (Å²) in [5.74, 6) is -1.83. The fourth-order valence-corrected chi connectivity index (χ4v) is 8.85. The second kappa shape index (κ2) is 11.2. The van der Waals surface area contributed by atoms with Crippen molar-refractivity contribution >= 4 is 52.5 Å². The number of carbonyl (C=O) groups excluding carboxylic acids is 3. The Morgan fingerprint density at radius 1 is 1.03 bits per heavy atom. The van der Waals surface area contributed by atoms with E-state index in [9.17, 15) is 19.5 Å². The summed E-state index contributed by atoms with van der Waals surface area (Å²) in [6.07, 6.45) is 4.71. The average molecular weight is 566 g/mol. The van der Waals surface area contributed by atoms with Gasteiger partial charge < -0.3 is 19.8 Å². The van der Waals surface area contributed by atoms with E-state index >= 15 is 0 Å². The molecule has 204 valence electrons. The standard InChI is InChI=1S/C30H32ClN3O4S/c1-3-16-32(21-8-6-5-7-9-21)27(36)24-23-14-15-30(39-23)25(24)28(37)34(18-19-35)26(30)29(38)33(17-4-2)22-12-10-20(31)11-13-22/h3-13,23-26,35H,1-2,14-19H2/t23-,24+,25-,26?,30?/m0/s1. The number of benzene rings is 2. The van der Waals surface area contributed by atoms with E-state index in [-0.39, 0.29) is 42.7 Å². The van der Waals surface area contributed by atoms with Crippen LogP contribution in [0.3, 0.4) is 0 Å². The summed E-state index contributed by atoms with van der Waals surface area (Å²) in [6, 6.07) is 15.5. The molecule has 3 aliphatic heterocycles. The number of fused-ring (bicyclic) bond motifs is 1. The Hall–Kier alpha value is -3.07. The largest absolute Gasteiger partial charge is 0.395 e. The Morgan fingerprint density at radius 3 is 2.26 bits per heavy atom. The first kappa shape index (κ1) is 27.5. The number of hydrogen-bond donors (Lipinski definition) is 1. The number of β-amino-alcohol motifs (C(OH)–C–C–N with tert-alkyl or cyclic N) is 1. The van der Waals surface area contributed by atoms with Crippen LogP contribution in [0.2, 0.25) is 5.02 Å². The van der Waals surface area contributed by atoms with Crippen molar-refractivity contribution in [1.82, 2.24) is 4.90 Å². The van der Waals surface area contributed by atoms with E-state index in [1.807, 2.05) is 30.3 Å². The summed E-state index contributed by atoms with van der Waals surface area (Å²) in [7, 11) is 0. The summed E-state index contributed by atoms with van der Waals surface area (Å²) in [5, 5.41) is 10.4. The molecule has 7 nitrogen and oxygen atoms in total. The summed E-state index contributed by atoms with van der Waals surface area (Å²) >= 11 is 7.70. The third-order valence-corrected chi connectivity index (χ3v) is 10.2. The number of para-hydroxylation sites is 1. The van der Waals surface area contributed by atoms with Crippen LogP contribution in [0.1, 0.15) is 12.8 Å². The number of halogens is 1. The monoisotopic (exact) mass is 565 g/mol. The molecule has 39 heavy (non-hydrogen) atoms. The Balaban J connectivity index is 1.54. The highest BCUT2D eigenvalue weighted by Crippen LogP contribution is 2.66. The molecule has 0 radical (unpaired) electrons. The molecule has 3 amide bonds. The third-order valence-electron chi connectivity index (χ3n) is 8.02. The van der Waals surface area contributed by atoms with Crippen molar-refractivity contribution in [2.45, 2.75) is 28.9 Å². The number of thioether (sulfide) groups is 1. The molecule has 9 heteroatoms. The van der Waals surface area contributed by atoms with Crippen molar-refractivity contribution in [3.63, 3.8) is 0 Å². The molecule has 2 aromatic carbocycles. The minimum Gasteiger partial charge on any atom is -0.395 e. The van der Waals surface area contributed by atoms with Gasteiger partial charge in [0.15, 0.2) is 0 Å². The number of aliphatic hydroxyl groups excluding tert-OH is 1. The summed E-state index contributed by atoms with van der Waals surface area (Å²) in [4.78, 5) is 47.4. The van der Waals surface area contributed by atoms with Gasteiger partial charge in [-0.05, 0) is 49.2 Å². The highest BCUT2D eigenvalue weighted by Gasteiger charge is 2.74. The lowest BCUT2D eigenvalue weighted by Crippen LogP contribution is -2.55. The number of amides is 3. The van der Waals surface area contributed by atoms with Gasteiger partial charge in [0.25, 0.3) is 5.91 Å². The van der Waals surface area contributed by atoms with E-state index in [1.54, 1.807) is 58.0 Å². The van der Waals surface area contributed by atoms with Gasteiger partial charge in [0, 0.05) is 41.3 Å². The Kier molecular flexibility index (Phi) is 7.89. The van der Waals surface area contributed by atoms with Crippen LogP contribution in [-0.4, -0.2) is 70.0 Å². The number of aliphatic hydroxyl groups is 1. The number of anilines is 2. The van der Waals surface area contributed by atoms with Crippen LogP contribution >= 0.6 is 23.4 Å². The van der Waals surface area contributed by atoms with Gasteiger partial charge in [-0.15, -0.1) is 24.9 Å². The number of likely N-dealkylation sites (tertiary alicyclic amines) is 1. The molecule has 2 unspecified atom stereocenters. The molecule has 1 spiro atoms. The molecule has 5 rings (SSSR count). The molecule has 0 aliphatic carbocycles. The SMILES string of the molecule is C=CCN(C(=O)C1N(CCO)C(=O)[C@@H]2[C@H](C(=O)N(CC=C)c3ccccc3)[C@@H]3CCC12S3)c1ccc(Cl)cc1. The van der Waals surface area contributed by atoms with E-state index in [0.29, 0.717) is 23.7 Å². The Bertz CT molecular complexity index is 1270. The van der Waals surface area contributed by atoms with Crippen LogP contribution in [0.15, 0.2) is 79.9 Å². The lowest BCUT2D eigenvalue weighted by molar-refractivity contribution is -0.139. The van der Waals surface area contributed by atoms with Gasteiger partial charge in [0.1, 0.15) is 6.04 Å². The molecule has 0 saturated carbocycles. The minimum atomic E-state index is -0.810. The molecule has 2 bridgehead atoms. The number of carbonyl (C=O) groups is 3. The predicted molar refractivity (Wildman–Crippen MR) is 156 cm³/mol. The van der Waals surface area contributed by atoms with Gasteiger partial charge in [-0.25, -0.2) is 0 Å². The van der Waals surface area contributed by atoms with Crippen molar-refractivity contribution in [3.8, 4) is 0 Å². The van der Waals surface area contributed by atoms with Crippen LogP contribution in [-0.2, 0) is 14.4 Å². The second-order valence-electron chi connectivity index (χ2n) is 10.1. The lowest BCUT2D eigenvalue weighted by Gasteiger charge is -2.37. The van der Waals surface area contributed by atoms with E-state index in [0.717, 1.165) is 12.1 Å². The molecule has 3 heterocycles. The first-order chi connectivity index (χ1) is 18.9. The van der Waals surface area contributed by atoms with Crippen LogP contribution < -0.4 is 9.80 Å². The normalized spacial score (nSPS) is 26.8. The average Bonchev–Trinajstić information content (AvgIpc) is 3.59. The first-order valence-electron chi connectivity index (χ1n) is 13.1. The zero-order chi connectivity index (χ0) is 27.7. The van der Waals surface area contributed by atoms with Gasteiger partial charge >= 0.3 is 0 Å². The van der Waals surface area contributed by atoms with Crippen LogP contribution in [0.5, 0.6) is 0 Å². The molecule has 3 fully saturated rings. The number of nitrogens with zero attached hydrogens (tertiary/aromatic N) is 3. The minimum absolute atomic E-state index is 0.0250. The number of hydrogen-bond acceptors (Lipinski definition) is 5. The zero-order valence-electron chi connectivity index (χ0n) is 21.6. The second-order valence-corrected chi connectivity index (χ2v) is 12.1. The maximum Gasteiger partial charge on any atom is 0.251 e. The van der Waals surface area contributed by atoms with Gasteiger partial charge in [-0.2, -0.15) is 0 Å². The van der Waals surface area contributed by atoms with Gasteiger partial charge in [0.2, 0.25) is 11.8 Å². The van der Waals surface area contributed by atoms with E-state index in [4.69, 9.17) is 11.6 Å².